The number of benzene rings is 1. The zero-order valence-corrected chi connectivity index (χ0v) is 11.5. The van der Waals surface area contributed by atoms with Gasteiger partial charge in [0.2, 0.25) is 0 Å². The summed E-state index contributed by atoms with van der Waals surface area (Å²) in [5.74, 6) is 0.535. The molecule has 3 heteroatoms. The Morgan fingerprint density at radius 3 is 2.84 bits per heavy atom. The van der Waals surface area contributed by atoms with E-state index in [2.05, 4.69) is 23.5 Å². The van der Waals surface area contributed by atoms with Crippen molar-refractivity contribution in [3.63, 3.8) is 0 Å². The van der Waals surface area contributed by atoms with Gasteiger partial charge in [-0.15, -0.1) is 0 Å². The Hall–Kier alpha value is -1.38. The Morgan fingerprint density at radius 1 is 1.16 bits per heavy atom. The van der Waals surface area contributed by atoms with E-state index >= 15 is 0 Å². The molecule has 1 N–H and O–H groups in total. The fraction of sp³-hybridized carbons (Fsp3) is 0.312. The van der Waals surface area contributed by atoms with Crippen LogP contribution >= 0.6 is 11.6 Å². The molecule has 98 valence electrons. The van der Waals surface area contributed by atoms with Crippen LogP contribution in [0.4, 0.5) is 0 Å². The lowest BCUT2D eigenvalue weighted by atomic mass is 9.95. The normalized spacial score (nSPS) is 19.3. The molecule has 0 amide bonds. The van der Waals surface area contributed by atoms with Crippen molar-refractivity contribution < 1.29 is 0 Å². The molecule has 0 spiro atoms. The topological polar surface area (TPSA) is 24.9 Å². The van der Waals surface area contributed by atoms with Gasteiger partial charge in [-0.2, -0.15) is 0 Å². The lowest BCUT2D eigenvalue weighted by molar-refractivity contribution is 0.455. The fourth-order valence-corrected chi connectivity index (χ4v) is 2.78. The third-order valence-electron chi connectivity index (χ3n) is 3.61. The van der Waals surface area contributed by atoms with E-state index in [1.54, 1.807) is 0 Å². The van der Waals surface area contributed by atoms with Crippen LogP contribution in [0.25, 0.3) is 11.3 Å². The maximum absolute atomic E-state index is 6.05. The van der Waals surface area contributed by atoms with Crippen molar-refractivity contribution in [2.75, 3.05) is 13.1 Å². The van der Waals surface area contributed by atoms with Crippen LogP contribution < -0.4 is 5.32 Å². The van der Waals surface area contributed by atoms with E-state index in [1.807, 2.05) is 24.3 Å². The summed E-state index contributed by atoms with van der Waals surface area (Å²) < 4.78 is 0. The van der Waals surface area contributed by atoms with Gasteiger partial charge >= 0.3 is 0 Å². The Bertz CT molecular complexity index is 562. The van der Waals surface area contributed by atoms with Crippen LogP contribution in [0.2, 0.25) is 5.02 Å². The van der Waals surface area contributed by atoms with Crippen molar-refractivity contribution in [1.82, 2.24) is 10.3 Å². The molecule has 0 unspecified atom stereocenters. The number of hydrogen-bond acceptors (Lipinski definition) is 2. The van der Waals surface area contributed by atoms with Crippen LogP contribution in [0.5, 0.6) is 0 Å². The fourth-order valence-electron chi connectivity index (χ4n) is 2.59. The van der Waals surface area contributed by atoms with Crippen molar-refractivity contribution >= 4 is 11.6 Å². The molecule has 1 aliphatic heterocycles. The van der Waals surface area contributed by atoms with E-state index in [1.165, 1.54) is 18.5 Å². The molecule has 1 aromatic carbocycles. The number of nitrogens with zero attached hydrogens (tertiary/aromatic N) is 1. The Labute approximate surface area is 118 Å². The first kappa shape index (κ1) is 12.6. The maximum Gasteiger partial charge on any atom is 0.0705 e. The minimum absolute atomic E-state index is 0.535. The SMILES string of the molecule is Clc1cccc(-c2cccc([C@H]3CCCNC3)n2)c1. The van der Waals surface area contributed by atoms with Crippen LogP contribution in [0.15, 0.2) is 42.5 Å². The monoisotopic (exact) mass is 272 g/mol. The molecule has 0 bridgehead atoms. The molecular formula is C16H17ClN2. The van der Waals surface area contributed by atoms with E-state index in [0.717, 1.165) is 29.4 Å². The summed E-state index contributed by atoms with van der Waals surface area (Å²) in [6.07, 6.45) is 2.45. The zero-order valence-electron chi connectivity index (χ0n) is 10.8. The van der Waals surface area contributed by atoms with Crippen molar-refractivity contribution in [1.29, 1.82) is 0 Å². The summed E-state index contributed by atoms with van der Waals surface area (Å²) in [4.78, 5) is 4.81. The highest BCUT2D eigenvalue weighted by Crippen LogP contribution is 2.25. The van der Waals surface area contributed by atoms with Gasteiger partial charge in [-0.3, -0.25) is 4.98 Å². The molecule has 1 aromatic heterocycles. The third-order valence-corrected chi connectivity index (χ3v) is 3.84. The molecule has 0 aliphatic carbocycles. The second kappa shape index (κ2) is 5.72. The van der Waals surface area contributed by atoms with E-state index in [-0.39, 0.29) is 0 Å². The molecule has 2 nitrogen and oxygen atoms in total. The molecule has 2 heterocycles. The van der Waals surface area contributed by atoms with Gasteiger partial charge in [0.15, 0.2) is 0 Å². The first-order valence-corrected chi connectivity index (χ1v) is 7.14. The average molecular weight is 273 g/mol. The predicted molar refractivity (Wildman–Crippen MR) is 79.5 cm³/mol. The summed E-state index contributed by atoms with van der Waals surface area (Å²) in [6.45, 7) is 2.16. The van der Waals surface area contributed by atoms with E-state index in [4.69, 9.17) is 16.6 Å². The number of pyridine rings is 1. The molecule has 1 saturated heterocycles. The molecule has 0 radical (unpaired) electrons. The van der Waals surface area contributed by atoms with Gasteiger partial charge in [0.25, 0.3) is 0 Å². The Balaban J connectivity index is 1.91. The lowest BCUT2D eigenvalue weighted by Crippen LogP contribution is -2.28. The summed E-state index contributed by atoms with van der Waals surface area (Å²) in [6, 6.07) is 14.1. The smallest absolute Gasteiger partial charge is 0.0705 e. The van der Waals surface area contributed by atoms with Gasteiger partial charge in [0.1, 0.15) is 0 Å². The van der Waals surface area contributed by atoms with Gasteiger partial charge in [-0.1, -0.05) is 29.8 Å². The Morgan fingerprint density at radius 2 is 2.05 bits per heavy atom. The molecule has 1 aliphatic rings. The summed E-state index contributed by atoms with van der Waals surface area (Å²) in [5, 5.41) is 4.19. The Kier molecular flexibility index (Phi) is 3.81. The van der Waals surface area contributed by atoms with Crippen LogP contribution in [0.1, 0.15) is 24.5 Å². The van der Waals surface area contributed by atoms with Gasteiger partial charge in [-0.05, 0) is 43.7 Å². The van der Waals surface area contributed by atoms with E-state index in [0.29, 0.717) is 5.92 Å². The standard InChI is InChI=1S/C16H17ClN2/c17-14-6-1-4-12(10-14)15-7-2-8-16(19-15)13-5-3-9-18-11-13/h1-2,4,6-8,10,13,18H,3,5,9,11H2/t13-/m0/s1. The summed E-state index contributed by atoms with van der Waals surface area (Å²) >= 11 is 6.05. The summed E-state index contributed by atoms with van der Waals surface area (Å²) in [5.41, 5.74) is 3.27. The van der Waals surface area contributed by atoms with Gasteiger partial charge in [0.05, 0.1) is 5.69 Å². The highest BCUT2D eigenvalue weighted by atomic mass is 35.5. The number of piperidine rings is 1. The van der Waals surface area contributed by atoms with Crippen LogP contribution in [0.3, 0.4) is 0 Å². The predicted octanol–water partition coefficient (Wildman–Crippen LogP) is 3.87. The van der Waals surface area contributed by atoms with Crippen LogP contribution in [-0.4, -0.2) is 18.1 Å². The molecule has 2 aromatic rings. The van der Waals surface area contributed by atoms with Crippen molar-refractivity contribution in [3.8, 4) is 11.3 Å². The largest absolute Gasteiger partial charge is 0.316 e. The van der Waals surface area contributed by atoms with E-state index in [9.17, 15) is 0 Å². The first-order valence-electron chi connectivity index (χ1n) is 6.76. The van der Waals surface area contributed by atoms with Gasteiger partial charge in [-0.25, -0.2) is 0 Å². The lowest BCUT2D eigenvalue weighted by Gasteiger charge is -2.22. The molecule has 3 rings (SSSR count). The molecule has 1 fully saturated rings. The van der Waals surface area contributed by atoms with Crippen LogP contribution in [-0.2, 0) is 0 Å². The molecular weight excluding hydrogens is 256 g/mol. The van der Waals surface area contributed by atoms with Gasteiger partial charge < -0.3 is 5.32 Å². The number of aromatic nitrogens is 1. The van der Waals surface area contributed by atoms with Crippen molar-refractivity contribution in [2.45, 2.75) is 18.8 Å². The highest BCUT2D eigenvalue weighted by Gasteiger charge is 2.16. The quantitative estimate of drug-likeness (QED) is 0.898. The van der Waals surface area contributed by atoms with Crippen molar-refractivity contribution in [3.05, 3.63) is 53.2 Å². The number of halogens is 1. The number of hydrogen-bond donors (Lipinski definition) is 1. The summed E-state index contributed by atoms with van der Waals surface area (Å²) in [7, 11) is 0. The molecule has 19 heavy (non-hydrogen) atoms. The second-order valence-electron chi connectivity index (χ2n) is 5.00. The van der Waals surface area contributed by atoms with Gasteiger partial charge in [0, 0.05) is 28.7 Å². The first-order chi connectivity index (χ1) is 9.33. The number of rotatable bonds is 2. The molecule has 0 saturated carbocycles. The average Bonchev–Trinajstić information content (AvgIpc) is 2.48. The van der Waals surface area contributed by atoms with Crippen molar-refractivity contribution in [2.24, 2.45) is 0 Å². The third kappa shape index (κ3) is 2.96. The second-order valence-corrected chi connectivity index (χ2v) is 5.44. The number of nitrogens with one attached hydrogen (secondary N) is 1. The maximum atomic E-state index is 6.05. The minimum Gasteiger partial charge on any atom is -0.316 e. The van der Waals surface area contributed by atoms with Crippen LogP contribution in [0, 0.1) is 0 Å². The molecule has 1 atom stereocenters. The highest BCUT2D eigenvalue weighted by molar-refractivity contribution is 6.30. The van der Waals surface area contributed by atoms with E-state index < -0.39 is 0 Å². The minimum atomic E-state index is 0.535. The zero-order chi connectivity index (χ0) is 13.1.